The van der Waals surface area contributed by atoms with Gasteiger partial charge < -0.3 is 10.2 Å². The van der Waals surface area contributed by atoms with E-state index in [-0.39, 0.29) is 5.41 Å². The molecule has 3 heteroatoms. The molecule has 0 bridgehead atoms. The van der Waals surface area contributed by atoms with Crippen molar-refractivity contribution < 1.29 is 4.79 Å². The Bertz CT molecular complexity index is 271. The van der Waals surface area contributed by atoms with Crippen molar-refractivity contribution >= 4 is 5.91 Å². The quantitative estimate of drug-likeness (QED) is 0.799. The highest BCUT2D eigenvalue weighted by molar-refractivity contribution is 5.83. The molecule has 2 aliphatic rings. The number of amides is 1. The van der Waals surface area contributed by atoms with Gasteiger partial charge in [-0.05, 0) is 39.2 Å². The van der Waals surface area contributed by atoms with Crippen molar-refractivity contribution in [2.75, 3.05) is 19.6 Å². The summed E-state index contributed by atoms with van der Waals surface area (Å²) in [6.07, 6.45) is 7.07. The van der Waals surface area contributed by atoms with Gasteiger partial charge in [0.25, 0.3) is 0 Å². The first-order valence-electron chi connectivity index (χ1n) is 7.19. The molecule has 2 unspecified atom stereocenters. The van der Waals surface area contributed by atoms with Gasteiger partial charge >= 0.3 is 0 Å². The minimum absolute atomic E-state index is 0.141. The molecule has 98 valence electrons. The van der Waals surface area contributed by atoms with Crippen LogP contribution in [0, 0.1) is 5.41 Å². The van der Waals surface area contributed by atoms with Gasteiger partial charge in [-0.2, -0.15) is 0 Å². The highest BCUT2D eigenvalue weighted by atomic mass is 16.2. The second kappa shape index (κ2) is 5.38. The number of carbonyl (C=O) groups is 1. The molecule has 0 radical (unpaired) electrons. The number of likely N-dealkylation sites (tertiary alicyclic amines) is 1. The number of nitrogens with zero attached hydrogens (tertiary/aromatic N) is 1. The van der Waals surface area contributed by atoms with E-state index in [0.29, 0.717) is 11.9 Å². The van der Waals surface area contributed by atoms with Crippen molar-refractivity contribution in [3.05, 3.63) is 0 Å². The molecule has 2 aliphatic heterocycles. The Labute approximate surface area is 105 Å². The maximum atomic E-state index is 12.7. The van der Waals surface area contributed by atoms with Crippen LogP contribution in [0.1, 0.15) is 52.4 Å². The molecule has 1 N–H and O–H groups in total. The fourth-order valence-electron chi connectivity index (χ4n) is 3.22. The van der Waals surface area contributed by atoms with Gasteiger partial charge in [0.15, 0.2) is 0 Å². The molecule has 0 spiro atoms. The maximum Gasteiger partial charge on any atom is 0.230 e. The van der Waals surface area contributed by atoms with Crippen LogP contribution in [-0.4, -0.2) is 36.5 Å². The van der Waals surface area contributed by atoms with E-state index in [9.17, 15) is 4.79 Å². The van der Waals surface area contributed by atoms with E-state index in [1.54, 1.807) is 0 Å². The van der Waals surface area contributed by atoms with Gasteiger partial charge in [-0.1, -0.05) is 19.8 Å². The molecule has 0 aromatic heterocycles. The topological polar surface area (TPSA) is 32.3 Å². The van der Waals surface area contributed by atoms with Crippen molar-refractivity contribution in [1.82, 2.24) is 10.2 Å². The van der Waals surface area contributed by atoms with Crippen molar-refractivity contribution in [2.45, 2.75) is 58.4 Å². The summed E-state index contributed by atoms with van der Waals surface area (Å²) in [5, 5.41) is 3.33. The minimum Gasteiger partial charge on any atom is -0.339 e. The third kappa shape index (κ3) is 2.65. The van der Waals surface area contributed by atoms with Gasteiger partial charge in [-0.15, -0.1) is 0 Å². The Morgan fingerprint density at radius 3 is 2.88 bits per heavy atom. The normalized spacial score (nSPS) is 34.7. The van der Waals surface area contributed by atoms with Gasteiger partial charge in [0.1, 0.15) is 0 Å². The Morgan fingerprint density at radius 2 is 2.24 bits per heavy atom. The molecule has 3 nitrogen and oxygen atoms in total. The van der Waals surface area contributed by atoms with Crippen LogP contribution in [0.15, 0.2) is 0 Å². The lowest BCUT2D eigenvalue weighted by atomic mass is 9.87. The van der Waals surface area contributed by atoms with Crippen LogP contribution in [0.4, 0.5) is 0 Å². The summed E-state index contributed by atoms with van der Waals surface area (Å²) in [5.74, 6) is 0.399. The number of hydrogen-bond donors (Lipinski definition) is 1. The van der Waals surface area contributed by atoms with E-state index in [0.717, 1.165) is 32.5 Å². The molecule has 0 aromatic carbocycles. The Balaban J connectivity index is 2.09. The molecule has 0 aliphatic carbocycles. The van der Waals surface area contributed by atoms with Crippen LogP contribution >= 0.6 is 0 Å². The number of hydrogen-bond acceptors (Lipinski definition) is 2. The lowest BCUT2D eigenvalue weighted by molar-refractivity contribution is -0.142. The Morgan fingerprint density at radius 1 is 1.41 bits per heavy atom. The Hall–Kier alpha value is -0.570. The summed E-state index contributed by atoms with van der Waals surface area (Å²) in [6.45, 7) is 7.18. The zero-order valence-corrected chi connectivity index (χ0v) is 11.3. The molecule has 2 heterocycles. The van der Waals surface area contributed by atoms with Crippen molar-refractivity contribution in [3.63, 3.8) is 0 Å². The van der Waals surface area contributed by atoms with Crippen LogP contribution in [-0.2, 0) is 4.79 Å². The van der Waals surface area contributed by atoms with Gasteiger partial charge in [0.05, 0.1) is 5.41 Å². The van der Waals surface area contributed by atoms with E-state index in [1.807, 2.05) is 0 Å². The van der Waals surface area contributed by atoms with Crippen LogP contribution in [0.3, 0.4) is 0 Å². The molecule has 0 aromatic rings. The summed E-state index contributed by atoms with van der Waals surface area (Å²) < 4.78 is 0. The molecular formula is C14H26N2O. The van der Waals surface area contributed by atoms with Crippen molar-refractivity contribution in [2.24, 2.45) is 5.41 Å². The molecule has 0 saturated carbocycles. The standard InChI is InChI=1S/C14H26N2O/c1-3-12-7-5-4-6-10-16(12)13(17)14(2)8-9-15-11-14/h12,15H,3-11H2,1-2H3. The second-order valence-electron chi connectivity index (χ2n) is 5.90. The van der Waals surface area contributed by atoms with Crippen molar-refractivity contribution in [1.29, 1.82) is 0 Å². The molecule has 2 rings (SSSR count). The first-order chi connectivity index (χ1) is 8.17. The zero-order chi connectivity index (χ0) is 12.3. The summed E-state index contributed by atoms with van der Waals surface area (Å²) in [7, 11) is 0. The number of rotatable bonds is 2. The second-order valence-corrected chi connectivity index (χ2v) is 5.90. The van der Waals surface area contributed by atoms with Crippen LogP contribution in [0.2, 0.25) is 0 Å². The average molecular weight is 238 g/mol. The SMILES string of the molecule is CCC1CCCCCN1C(=O)C1(C)CCNC1. The van der Waals surface area contributed by atoms with Crippen LogP contribution in [0.5, 0.6) is 0 Å². The van der Waals surface area contributed by atoms with Gasteiger partial charge in [0, 0.05) is 19.1 Å². The summed E-state index contributed by atoms with van der Waals surface area (Å²) in [4.78, 5) is 14.9. The summed E-state index contributed by atoms with van der Waals surface area (Å²) in [6, 6.07) is 0.488. The van der Waals surface area contributed by atoms with Gasteiger partial charge in [-0.25, -0.2) is 0 Å². The molecule has 2 saturated heterocycles. The first kappa shape index (κ1) is 12.9. The van der Waals surface area contributed by atoms with E-state index >= 15 is 0 Å². The third-order valence-corrected chi connectivity index (χ3v) is 4.49. The van der Waals surface area contributed by atoms with Crippen LogP contribution < -0.4 is 5.32 Å². The molecule has 1 amide bonds. The lowest BCUT2D eigenvalue weighted by Gasteiger charge is -2.35. The molecule has 2 fully saturated rings. The lowest BCUT2D eigenvalue weighted by Crippen LogP contribution is -2.48. The van der Waals surface area contributed by atoms with Gasteiger partial charge in [0.2, 0.25) is 5.91 Å². The highest BCUT2D eigenvalue weighted by Gasteiger charge is 2.40. The summed E-state index contributed by atoms with van der Waals surface area (Å²) >= 11 is 0. The Kier molecular flexibility index (Phi) is 4.08. The van der Waals surface area contributed by atoms with E-state index in [1.165, 1.54) is 25.7 Å². The average Bonchev–Trinajstić information content (AvgIpc) is 2.65. The fourth-order valence-corrected chi connectivity index (χ4v) is 3.22. The number of carbonyl (C=O) groups excluding carboxylic acids is 1. The van der Waals surface area contributed by atoms with Crippen LogP contribution in [0.25, 0.3) is 0 Å². The largest absolute Gasteiger partial charge is 0.339 e. The predicted octanol–water partition coefficient (Wildman–Crippen LogP) is 2.17. The third-order valence-electron chi connectivity index (χ3n) is 4.49. The minimum atomic E-state index is -0.141. The van der Waals surface area contributed by atoms with Gasteiger partial charge in [-0.3, -0.25) is 4.79 Å². The molecule has 17 heavy (non-hydrogen) atoms. The maximum absolute atomic E-state index is 12.7. The predicted molar refractivity (Wildman–Crippen MR) is 69.9 cm³/mol. The molecule has 2 atom stereocenters. The highest BCUT2D eigenvalue weighted by Crippen LogP contribution is 2.30. The van der Waals surface area contributed by atoms with E-state index in [2.05, 4.69) is 24.1 Å². The van der Waals surface area contributed by atoms with E-state index < -0.39 is 0 Å². The smallest absolute Gasteiger partial charge is 0.230 e. The number of nitrogens with one attached hydrogen (secondary N) is 1. The van der Waals surface area contributed by atoms with E-state index in [4.69, 9.17) is 0 Å². The summed E-state index contributed by atoms with van der Waals surface area (Å²) in [5.41, 5.74) is -0.141. The fraction of sp³-hybridized carbons (Fsp3) is 0.929. The van der Waals surface area contributed by atoms with Crippen molar-refractivity contribution in [3.8, 4) is 0 Å². The zero-order valence-electron chi connectivity index (χ0n) is 11.3. The first-order valence-corrected chi connectivity index (χ1v) is 7.19. The molecular weight excluding hydrogens is 212 g/mol. The monoisotopic (exact) mass is 238 g/mol.